The van der Waals surface area contributed by atoms with Gasteiger partial charge in [-0.1, -0.05) is 34.1 Å². The smallest absolute Gasteiger partial charge is 0.262 e. The molecule has 0 aliphatic carbocycles. The number of hydrogen-bond donors (Lipinski definition) is 2. The average Bonchev–Trinajstić information content (AvgIpc) is 2.65. The first-order chi connectivity index (χ1) is 13.0. The molecule has 6 heteroatoms. The van der Waals surface area contributed by atoms with Gasteiger partial charge in [0.1, 0.15) is 0 Å². The van der Waals surface area contributed by atoms with Gasteiger partial charge in [0.15, 0.2) is 5.65 Å². The SMILES string of the molecule is Cc1ccc(Nc2nc3nccc(-c4ccc(Br)cc4)c3c(=O)[nH]2)cc1C. The number of aromatic nitrogens is 3. The lowest BCUT2D eigenvalue weighted by Gasteiger charge is -2.10. The summed E-state index contributed by atoms with van der Waals surface area (Å²) in [4.78, 5) is 24.4. The van der Waals surface area contributed by atoms with Gasteiger partial charge >= 0.3 is 0 Å². The summed E-state index contributed by atoms with van der Waals surface area (Å²) in [5, 5.41) is 3.64. The van der Waals surface area contributed by atoms with Crippen LogP contribution in [0.4, 0.5) is 11.6 Å². The van der Waals surface area contributed by atoms with Crippen molar-refractivity contribution < 1.29 is 0 Å². The number of pyridine rings is 1. The summed E-state index contributed by atoms with van der Waals surface area (Å²) >= 11 is 3.43. The van der Waals surface area contributed by atoms with Crippen molar-refractivity contribution >= 4 is 38.6 Å². The maximum Gasteiger partial charge on any atom is 0.262 e. The van der Waals surface area contributed by atoms with Crippen LogP contribution in [0.3, 0.4) is 0 Å². The highest BCUT2D eigenvalue weighted by Gasteiger charge is 2.12. The van der Waals surface area contributed by atoms with Crippen molar-refractivity contribution in [3.05, 3.63) is 80.7 Å². The van der Waals surface area contributed by atoms with Crippen LogP contribution in [0.2, 0.25) is 0 Å². The summed E-state index contributed by atoms with van der Waals surface area (Å²) in [7, 11) is 0. The molecule has 0 saturated heterocycles. The van der Waals surface area contributed by atoms with Crippen molar-refractivity contribution in [3.8, 4) is 11.1 Å². The highest BCUT2D eigenvalue weighted by molar-refractivity contribution is 9.10. The molecule has 2 aromatic carbocycles. The molecule has 0 saturated carbocycles. The number of nitrogens with one attached hydrogen (secondary N) is 2. The first kappa shape index (κ1) is 17.4. The number of aromatic amines is 1. The van der Waals surface area contributed by atoms with Gasteiger partial charge in [-0.3, -0.25) is 9.78 Å². The third kappa shape index (κ3) is 3.48. The van der Waals surface area contributed by atoms with Crippen LogP contribution < -0.4 is 10.9 Å². The average molecular weight is 421 g/mol. The predicted molar refractivity (Wildman–Crippen MR) is 112 cm³/mol. The van der Waals surface area contributed by atoms with Crippen LogP contribution in [0, 0.1) is 13.8 Å². The van der Waals surface area contributed by atoms with E-state index in [1.165, 1.54) is 11.1 Å². The monoisotopic (exact) mass is 420 g/mol. The molecule has 0 atom stereocenters. The van der Waals surface area contributed by atoms with Gasteiger partial charge in [0.05, 0.1) is 5.39 Å². The second-order valence-corrected chi connectivity index (χ2v) is 7.32. The Morgan fingerprint density at radius 3 is 2.52 bits per heavy atom. The molecule has 0 aliphatic heterocycles. The van der Waals surface area contributed by atoms with Gasteiger partial charge in [0, 0.05) is 16.4 Å². The molecule has 0 radical (unpaired) electrons. The minimum Gasteiger partial charge on any atom is -0.326 e. The molecule has 0 aliphatic rings. The molecule has 27 heavy (non-hydrogen) atoms. The highest BCUT2D eigenvalue weighted by Crippen LogP contribution is 2.26. The van der Waals surface area contributed by atoms with E-state index in [-0.39, 0.29) is 5.56 Å². The van der Waals surface area contributed by atoms with Crippen LogP contribution in [0.1, 0.15) is 11.1 Å². The molecule has 0 unspecified atom stereocenters. The van der Waals surface area contributed by atoms with Crippen molar-refractivity contribution in [1.29, 1.82) is 0 Å². The Balaban J connectivity index is 1.79. The minimum absolute atomic E-state index is 0.225. The summed E-state index contributed by atoms with van der Waals surface area (Å²) in [6, 6.07) is 15.6. The van der Waals surface area contributed by atoms with E-state index in [0.29, 0.717) is 17.0 Å². The first-order valence-electron chi connectivity index (χ1n) is 8.50. The molecule has 0 amide bonds. The Labute approximate surface area is 164 Å². The van der Waals surface area contributed by atoms with Crippen molar-refractivity contribution in [1.82, 2.24) is 15.0 Å². The van der Waals surface area contributed by atoms with Crippen molar-refractivity contribution in [3.63, 3.8) is 0 Å². The van der Waals surface area contributed by atoms with Gasteiger partial charge in [-0.15, -0.1) is 0 Å². The first-order valence-corrected chi connectivity index (χ1v) is 9.30. The Morgan fingerprint density at radius 2 is 1.78 bits per heavy atom. The number of hydrogen-bond acceptors (Lipinski definition) is 4. The lowest BCUT2D eigenvalue weighted by molar-refractivity contribution is 1.14. The minimum atomic E-state index is -0.225. The zero-order valence-electron chi connectivity index (χ0n) is 14.9. The van der Waals surface area contributed by atoms with Crippen LogP contribution in [0.5, 0.6) is 0 Å². The number of halogens is 1. The van der Waals surface area contributed by atoms with Crippen LogP contribution in [0.25, 0.3) is 22.2 Å². The number of nitrogens with zero attached hydrogens (tertiary/aromatic N) is 2. The fourth-order valence-corrected chi connectivity index (χ4v) is 3.21. The topological polar surface area (TPSA) is 70.7 Å². The second kappa shape index (κ2) is 6.96. The fraction of sp³-hybridized carbons (Fsp3) is 0.0952. The standard InChI is InChI=1S/C21H17BrN4O/c1-12-3-8-16(11-13(12)2)24-21-25-19-18(20(27)26-21)17(9-10-23-19)14-4-6-15(22)7-5-14/h3-11H,1-2H3,(H2,23,24,25,26,27). The Morgan fingerprint density at radius 1 is 1.00 bits per heavy atom. The quantitative estimate of drug-likeness (QED) is 0.483. The third-order valence-corrected chi connectivity index (χ3v) is 5.06. The third-order valence-electron chi connectivity index (χ3n) is 4.53. The molecule has 4 aromatic rings. The van der Waals surface area contributed by atoms with Crippen molar-refractivity contribution in [2.45, 2.75) is 13.8 Å². The maximum absolute atomic E-state index is 12.8. The highest BCUT2D eigenvalue weighted by atomic mass is 79.9. The summed E-state index contributed by atoms with van der Waals surface area (Å²) in [6.07, 6.45) is 1.67. The molecule has 134 valence electrons. The van der Waals surface area contributed by atoms with Crippen molar-refractivity contribution in [2.24, 2.45) is 0 Å². The van der Waals surface area contributed by atoms with Gasteiger partial charge in [-0.2, -0.15) is 4.98 Å². The number of anilines is 2. The van der Waals surface area contributed by atoms with Gasteiger partial charge in [-0.25, -0.2) is 4.98 Å². The lowest BCUT2D eigenvalue weighted by atomic mass is 10.0. The molecular weight excluding hydrogens is 404 g/mol. The number of benzene rings is 2. The molecule has 4 rings (SSSR count). The molecule has 2 aromatic heterocycles. The summed E-state index contributed by atoms with van der Waals surface area (Å²) < 4.78 is 0.983. The maximum atomic E-state index is 12.8. The van der Waals surface area contributed by atoms with Gasteiger partial charge in [0.25, 0.3) is 5.56 Å². The Kier molecular flexibility index (Phi) is 4.49. The molecule has 0 fully saturated rings. The van der Waals surface area contributed by atoms with Gasteiger partial charge in [-0.05, 0) is 66.4 Å². The van der Waals surface area contributed by atoms with Crippen molar-refractivity contribution in [2.75, 3.05) is 5.32 Å². The number of fused-ring (bicyclic) bond motifs is 1. The van der Waals surface area contributed by atoms with E-state index in [4.69, 9.17) is 0 Å². The number of rotatable bonds is 3. The van der Waals surface area contributed by atoms with Crippen LogP contribution >= 0.6 is 15.9 Å². The lowest BCUT2D eigenvalue weighted by Crippen LogP contribution is -2.13. The second-order valence-electron chi connectivity index (χ2n) is 6.40. The molecular formula is C21H17BrN4O. The summed E-state index contributed by atoms with van der Waals surface area (Å²) in [6.45, 7) is 4.10. The fourth-order valence-electron chi connectivity index (χ4n) is 2.95. The normalized spacial score (nSPS) is 10.9. The van der Waals surface area contributed by atoms with E-state index in [2.05, 4.69) is 43.1 Å². The van der Waals surface area contributed by atoms with E-state index < -0.39 is 0 Å². The van der Waals surface area contributed by atoms with Crippen LogP contribution in [-0.2, 0) is 0 Å². The predicted octanol–water partition coefficient (Wildman–Crippen LogP) is 5.11. The summed E-state index contributed by atoms with van der Waals surface area (Å²) in [5.74, 6) is 0.371. The Hall–Kier alpha value is -2.99. The molecule has 5 nitrogen and oxygen atoms in total. The largest absolute Gasteiger partial charge is 0.326 e. The number of aryl methyl sites for hydroxylation is 2. The zero-order valence-corrected chi connectivity index (χ0v) is 16.5. The van der Waals surface area contributed by atoms with E-state index in [9.17, 15) is 4.79 Å². The van der Waals surface area contributed by atoms with E-state index in [1.807, 2.05) is 55.5 Å². The molecule has 0 bridgehead atoms. The molecule has 2 N–H and O–H groups in total. The number of H-pyrrole nitrogens is 1. The molecule has 2 heterocycles. The van der Waals surface area contributed by atoms with E-state index >= 15 is 0 Å². The van der Waals surface area contributed by atoms with Gasteiger partial charge < -0.3 is 5.32 Å². The van der Waals surface area contributed by atoms with E-state index in [1.54, 1.807) is 6.20 Å². The van der Waals surface area contributed by atoms with Crippen LogP contribution in [-0.4, -0.2) is 15.0 Å². The Bertz CT molecular complexity index is 1200. The van der Waals surface area contributed by atoms with Crippen LogP contribution in [0.15, 0.2) is 64.0 Å². The molecule has 0 spiro atoms. The van der Waals surface area contributed by atoms with E-state index in [0.717, 1.165) is 21.3 Å². The van der Waals surface area contributed by atoms with Gasteiger partial charge in [0.2, 0.25) is 5.95 Å². The summed E-state index contributed by atoms with van der Waals surface area (Å²) in [5.41, 5.74) is 5.17. The zero-order chi connectivity index (χ0) is 19.0.